The minimum Gasteiger partial charge on any atom is -0.343 e. The van der Waals surface area contributed by atoms with Crippen molar-refractivity contribution >= 4 is 16.3 Å². The van der Waals surface area contributed by atoms with E-state index in [0.717, 1.165) is 25.9 Å². The summed E-state index contributed by atoms with van der Waals surface area (Å²) in [4.78, 5) is 13.9. The maximum absolute atomic E-state index is 11.8. The molecule has 1 amide bonds. The van der Waals surface area contributed by atoms with Crippen LogP contribution in [-0.4, -0.2) is 41.4 Å². The Kier molecular flexibility index (Phi) is 15.2. The predicted octanol–water partition coefficient (Wildman–Crippen LogP) is 4.66. The van der Waals surface area contributed by atoms with Gasteiger partial charge in [0.15, 0.2) is 0 Å². The Balaban J connectivity index is 0.00000101. The molecule has 6 nitrogen and oxygen atoms in total. The van der Waals surface area contributed by atoms with E-state index in [1.54, 1.807) is 0 Å². The Bertz CT molecular complexity index is 417. The topological polar surface area (TPSA) is 94.9 Å². The minimum atomic E-state index is -4.67. The zero-order valence-electron chi connectivity index (χ0n) is 15.8. The van der Waals surface area contributed by atoms with Crippen LogP contribution in [0.25, 0.3) is 0 Å². The second kappa shape index (κ2) is 15.6. The molecule has 0 spiro atoms. The average molecular weight is 380 g/mol. The van der Waals surface area contributed by atoms with E-state index in [9.17, 15) is 4.79 Å². The number of unbranched alkanes of at least 4 members (excludes halogenated alkanes) is 9. The molecular formula is C18H37NO5S. The molecule has 0 saturated carbocycles. The van der Waals surface area contributed by atoms with Gasteiger partial charge in [0.1, 0.15) is 0 Å². The predicted molar refractivity (Wildman–Crippen MR) is 101 cm³/mol. The summed E-state index contributed by atoms with van der Waals surface area (Å²) in [7, 11) is -4.67. The molecular weight excluding hydrogens is 342 g/mol. The van der Waals surface area contributed by atoms with Crippen molar-refractivity contribution in [3.8, 4) is 0 Å². The van der Waals surface area contributed by atoms with Crippen LogP contribution in [0.15, 0.2) is 0 Å². The van der Waals surface area contributed by atoms with E-state index < -0.39 is 10.4 Å². The summed E-state index contributed by atoms with van der Waals surface area (Å²) >= 11 is 0. The van der Waals surface area contributed by atoms with Crippen LogP contribution in [0.5, 0.6) is 0 Å². The van der Waals surface area contributed by atoms with Crippen LogP contribution >= 0.6 is 0 Å². The van der Waals surface area contributed by atoms with Crippen LogP contribution in [0.4, 0.5) is 0 Å². The summed E-state index contributed by atoms with van der Waals surface area (Å²) in [5.74, 6) is 0.401. The number of carbonyl (C=O) groups is 1. The number of rotatable bonds is 11. The number of hydrogen-bond acceptors (Lipinski definition) is 3. The largest absolute Gasteiger partial charge is 0.394 e. The van der Waals surface area contributed by atoms with Crippen LogP contribution in [0.3, 0.4) is 0 Å². The second-order valence-corrected chi connectivity index (χ2v) is 7.72. The Labute approximate surface area is 153 Å². The quantitative estimate of drug-likeness (QED) is 0.402. The van der Waals surface area contributed by atoms with Crippen LogP contribution in [-0.2, 0) is 15.2 Å². The summed E-state index contributed by atoms with van der Waals surface area (Å²) in [5.41, 5.74) is 0. The van der Waals surface area contributed by atoms with Gasteiger partial charge in [0.2, 0.25) is 5.91 Å². The highest BCUT2D eigenvalue weighted by molar-refractivity contribution is 7.79. The standard InChI is InChI=1S/C18H35NO.H2O4S/c1-2-3-4-5-6-7-8-9-10-13-16-19-17-14-11-12-15-18(19)20;1-5(2,3)4/h2-17H2,1H3;(H2,1,2,3,4). The highest BCUT2D eigenvalue weighted by Crippen LogP contribution is 2.14. The Hall–Kier alpha value is -0.660. The molecule has 1 aliphatic rings. The highest BCUT2D eigenvalue weighted by Gasteiger charge is 2.15. The third kappa shape index (κ3) is 19.5. The van der Waals surface area contributed by atoms with Crippen molar-refractivity contribution in [1.29, 1.82) is 0 Å². The molecule has 1 heterocycles. The molecule has 0 aromatic heterocycles. The summed E-state index contributed by atoms with van der Waals surface area (Å²) in [5, 5.41) is 0. The molecule has 0 bridgehead atoms. The monoisotopic (exact) mass is 379 g/mol. The first kappa shape index (κ1) is 24.3. The lowest BCUT2D eigenvalue weighted by Gasteiger charge is -2.20. The SMILES string of the molecule is CCCCCCCCCCCCN1CCCCCC1=O.O=S(=O)(O)O. The Morgan fingerprint density at radius 2 is 1.32 bits per heavy atom. The van der Waals surface area contributed by atoms with Gasteiger partial charge in [-0.25, -0.2) is 0 Å². The number of likely N-dealkylation sites (tertiary alicyclic amines) is 1. The van der Waals surface area contributed by atoms with E-state index in [4.69, 9.17) is 17.5 Å². The van der Waals surface area contributed by atoms with Gasteiger partial charge >= 0.3 is 10.4 Å². The van der Waals surface area contributed by atoms with Crippen molar-refractivity contribution < 1.29 is 22.3 Å². The van der Waals surface area contributed by atoms with Gasteiger partial charge in [-0.15, -0.1) is 0 Å². The molecule has 0 radical (unpaired) electrons. The van der Waals surface area contributed by atoms with Gasteiger partial charge in [-0.3, -0.25) is 13.9 Å². The normalized spacial score (nSPS) is 15.5. The summed E-state index contributed by atoms with van der Waals surface area (Å²) in [6, 6.07) is 0. The lowest BCUT2D eigenvalue weighted by molar-refractivity contribution is -0.130. The van der Waals surface area contributed by atoms with Crippen molar-refractivity contribution in [2.24, 2.45) is 0 Å². The van der Waals surface area contributed by atoms with E-state index in [-0.39, 0.29) is 0 Å². The molecule has 150 valence electrons. The van der Waals surface area contributed by atoms with Gasteiger partial charge in [0.25, 0.3) is 0 Å². The van der Waals surface area contributed by atoms with Gasteiger partial charge in [-0.05, 0) is 19.3 Å². The van der Waals surface area contributed by atoms with Gasteiger partial charge in [-0.2, -0.15) is 8.42 Å². The number of hydrogen-bond donors (Lipinski definition) is 2. The molecule has 2 N–H and O–H groups in total. The zero-order valence-corrected chi connectivity index (χ0v) is 16.6. The van der Waals surface area contributed by atoms with Gasteiger partial charge in [0, 0.05) is 19.5 Å². The molecule has 0 aliphatic carbocycles. The zero-order chi connectivity index (χ0) is 19.0. The van der Waals surface area contributed by atoms with E-state index in [1.165, 1.54) is 77.0 Å². The molecule has 1 fully saturated rings. The van der Waals surface area contributed by atoms with Gasteiger partial charge in [-0.1, -0.05) is 71.1 Å². The molecule has 0 unspecified atom stereocenters. The second-order valence-electron chi connectivity index (χ2n) is 6.82. The first-order valence-electron chi connectivity index (χ1n) is 9.82. The molecule has 0 aromatic rings. The lowest BCUT2D eigenvalue weighted by atomic mass is 10.1. The molecule has 1 aliphatic heterocycles. The maximum atomic E-state index is 11.8. The first-order valence-corrected chi connectivity index (χ1v) is 11.2. The van der Waals surface area contributed by atoms with E-state index >= 15 is 0 Å². The van der Waals surface area contributed by atoms with Crippen LogP contribution in [0.1, 0.15) is 96.8 Å². The molecule has 0 atom stereocenters. The number of amides is 1. The van der Waals surface area contributed by atoms with E-state index in [1.807, 2.05) is 0 Å². The van der Waals surface area contributed by atoms with Crippen molar-refractivity contribution in [3.63, 3.8) is 0 Å². The summed E-state index contributed by atoms with van der Waals surface area (Å²) < 4.78 is 31.6. The van der Waals surface area contributed by atoms with Gasteiger partial charge < -0.3 is 4.90 Å². The molecule has 1 saturated heterocycles. The molecule has 1 rings (SSSR count). The minimum absolute atomic E-state index is 0.401. The first-order chi connectivity index (χ1) is 11.8. The fourth-order valence-electron chi connectivity index (χ4n) is 3.07. The highest BCUT2D eigenvalue weighted by atomic mass is 32.3. The molecule has 25 heavy (non-hydrogen) atoms. The third-order valence-electron chi connectivity index (χ3n) is 4.45. The smallest absolute Gasteiger partial charge is 0.343 e. The fourth-order valence-corrected chi connectivity index (χ4v) is 3.07. The van der Waals surface area contributed by atoms with Crippen molar-refractivity contribution in [3.05, 3.63) is 0 Å². The lowest BCUT2D eigenvalue weighted by Crippen LogP contribution is -2.31. The van der Waals surface area contributed by atoms with Crippen molar-refractivity contribution in [2.75, 3.05) is 13.1 Å². The Morgan fingerprint density at radius 3 is 1.84 bits per heavy atom. The molecule has 7 heteroatoms. The van der Waals surface area contributed by atoms with Crippen LogP contribution in [0.2, 0.25) is 0 Å². The number of carbonyl (C=O) groups excluding carboxylic acids is 1. The summed E-state index contributed by atoms with van der Waals surface area (Å²) in [6.45, 7) is 4.29. The van der Waals surface area contributed by atoms with Crippen LogP contribution in [0, 0.1) is 0 Å². The number of nitrogens with zero attached hydrogens (tertiary/aromatic N) is 1. The average Bonchev–Trinajstić information content (AvgIpc) is 2.72. The maximum Gasteiger partial charge on any atom is 0.394 e. The Morgan fingerprint density at radius 1 is 0.840 bits per heavy atom. The van der Waals surface area contributed by atoms with Crippen LogP contribution < -0.4 is 0 Å². The van der Waals surface area contributed by atoms with Gasteiger partial charge in [0.05, 0.1) is 0 Å². The van der Waals surface area contributed by atoms with Crippen molar-refractivity contribution in [1.82, 2.24) is 4.90 Å². The molecule has 0 aromatic carbocycles. The summed E-state index contributed by atoms with van der Waals surface area (Å²) in [6.07, 6.45) is 18.0. The van der Waals surface area contributed by atoms with E-state index in [0.29, 0.717) is 5.91 Å². The van der Waals surface area contributed by atoms with Crippen molar-refractivity contribution in [2.45, 2.75) is 96.8 Å². The third-order valence-corrected chi connectivity index (χ3v) is 4.45. The van der Waals surface area contributed by atoms with E-state index in [2.05, 4.69) is 11.8 Å². The fraction of sp³-hybridized carbons (Fsp3) is 0.944.